The Morgan fingerprint density at radius 1 is 1.65 bits per heavy atom. The Balaban J connectivity index is 2.20. The number of rotatable bonds is 2. The molecule has 1 fully saturated rings. The van der Waals surface area contributed by atoms with Crippen molar-refractivity contribution in [2.75, 3.05) is 30.3 Å². The molecule has 2 heterocycles. The minimum Gasteiger partial charge on any atom is -0.394 e. The molecule has 1 aromatic rings. The van der Waals surface area contributed by atoms with E-state index >= 15 is 0 Å². The van der Waals surface area contributed by atoms with Crippen LogP contribution in [0.2, 0.25) is 0 Å². The first-order valence-corrected chi connectivity index (χ1v) is 5.62. The van der Waals surface area contributed by atoms with Crippen molar-refractivity contribution in [3.8, 4) is 0 Å². The highest BCUT2D eigenvalue weighted by Crippen LogP contribution is 2.23. The molecule has 6 nitrogen and oxygen atoms in total. The molecular formula is C11H18N4O2. The SMILES string of the molecule is CC1(C)CN(c2nccc(N)n2)CC(CO)O1. The average Bonchev–Trinajstić information content (AvgIpc) is 2.27. The number of nitrogens with zero attached hydrogens (tertiary/aromatic N) is 3. The summed E-state index contributed by atoms with van der Waals surface area (Å²) in [5, 5.41) is 9.23. The number of aliphatic hydroxyl groups is 1. The van der Waals surface area contributed by atoms with Gasteiger partial charge in [-0.15, -0.1) is 0 Å². The van der Waals surface area contributed by atoms with Gasteiger partial charge in [-0.3, -0.25) is 0 Å². The Labute approximate surface area is 100 Å². The quantitative estimate of drug-likeness (QED) is 0.756. The molecule has 3 N–H and O–H groups in total. The van der Waals surface area contributed by atoms with Crippen molar-refractivity contribution < 1.29 is 9.84 Å². The molecule has 0 aliphatic carbocycles. The predicted octanol–water partition coefficient (Wildman–Crippen LogP) is 0.0349. The Bertz CT molecular complexity index is 397. The van der Waals surface area contributed by atoms with Gasteiger partial charge >= 0.3 is 0 Å². The summed E-state index contributed by atoms with van der Waals surface area (Å²) in [7, 11) is 0. The maximum Gasteiger partial charge on any atom is 0.227 e. The number of hydrogen-bond acceptors (Lipinski definition) is 6. The van der Waals surface area contributed by atoms with E-state index < -0.39 is 0 Å². The second-order valence-corrected chi connectivity index (χ2v) is 4.84. The van der Waals surface area contributed by atoms with Gasteiger partial charge in [-0.2, -0.15) is 4.98 Å². The number of aliphatic hydroxyl groups excluding tert-OH is 1. The van der Waals surface area contributed by atoms with Gasteiger partial charge in [0, 0.05) is 19.3 Å². The molecule has 0 amide bonds. The maximum absolute atomic E-state index is 9.23. The third kappa shape index (κ3) is 2.83. The molecule has 6 heteroatoms. The van der Waals surface area contributed by atoms with E-state index in [0.717, 1.165) is 0 Å². The fourth-order valence-corrected chi connectivity index (χ4v) is 2.06. The smallest absolute Gasteiger partial charge is 0.227 e. The van der Waals surface area contributed by atoms with Gasteiger partial charge in [0.05, 0.1) is 18.3 Å². The summed E-state index contributed by atoms with van der Waals surface area (Å²) in [5.74, 6) is 1.03. The van der Waals surface area contributed by atoms with Crippen molar-refractivity contribution in [1.29, 1.82) is 0 Å². The fourth-order valence-electron chi connectivity index (χ4n) is 2.06. The molecule has 1 aliphatic heterocycles. The molecule has 94 valence electrons. The Kier molecular flexibility index (Phi) is 3.17. The number of morpholine rings is 1. The topological polar surface area (TPSA) is 84.5 Å². The van der Waals surface area contributed by atoms with Crippen molar-refractivity contribution in [2.24, 2.45) is 0 Å². The molecule has 1 aromatic heterocycles. The average molecular weight is 238 g/mol. The molecule has 0 bridgehead atoms. The minimum atomic E-state index is -0.334. The number of nitrogen functional groups attached to an aromatic ring is 1. The lowest BCUT2D eigenvalue weighted by atomic mass is 10.1. The van der Waals surface area contributed by atoms with E-state index in [1.165, 1.54) is 0 Å². The van der Waals surface area contributed by atoms with Crippen LogP contribution >= 0.6 is 0 Å². The van der Waals surface area contributed by atoms with Crippen molar-refractivity contribution in [3.63, 3.8) is 0 Å². The second-order valence-electron chi connectivity index (χ2n) is 4.84. The van der Waals surface area contributed by atoms with Crippen LogP contribution in [0.4, 0.5) is 11.8 Å². The zero-order valence-corrected chi connectivity index (χ0v) is 10.1. The molecule has 1 atom stereocenters. The van der Waals surface area contributed by atoms with Crippen LogP contribution in [-0.2, 0) is 4.74 Å². The molecule has 0 aromatic carbocycles. The van der Waals surface area contributed by atoms with E-state index in [1.54, 1.807) is 12.3 Å². The molecule has 1 aliphatic rings. The summed E-state index contributed by atoms with van der Waals surface area (Å²) in [5.41, 5.74) is 5.31. The lowest BCUT2D eigenvalue weighted by Gasteiger charge is -2.42. The Morgan fingerprint density at radius 3 is 3.06 bits per heavy atom. The lowest BCUT2D eigenvalue weighted by Crippen LogP contribution is -2.54. The van der Waals surface area contributed by atoms with Crippen LogP contribution in [-0.4, -0.2) is 46.5 Å². The zero-order chi connectivity index (χ0) is 12.5. The largest absolute Gasteiger partial charge is 0.394 e. The molecular weight excluding hydrogens is 220 g/mol. The van der Waals surface area contributed by atoms with Gasteiger partial charge in [0.25, 0.3) is 0 Å². The van der Waals surface area contributed by atoms with Crippen molar-refractivity contribution in [1.82, 2.24) is 9.97 Å². The predicted molar refractivity (Wildman–Crippen MR) is 64.7 cm³/mol. The number of anilines is 2. The molecule has 2 rings (SSSR count). The number of nitrogens with two attached hydrogens (primary N) is 1. The van der Waals surface area contributed by atoms with Crippen LogP contribution in [0.15, 0.2) is 12.3 Å². The number of hydrogen-bond donors (Lipinski definition) is 2. The van der Waals surface area contributed by atoms with Crippen molar-refractivity contribution >= 4 is 11.8 Å². The van der Waals surface area contributed by atoms with E-state index in [4.69, 9.17) is 10.5 Å². The molecule has 0 spiro atoms. The number of ether oxygens (including phenoxy) is 1. The standard InChI is InChI=1S/C11H18N4O2/c1-11(2)7-15(5-8(6-16)17-11)10-13-4-3-9(12)14-10/h3-4,8,16H,5-7H2,1-2H3,(H2,12,13,14). The maximum atomic E-state index is 9.23. The first-order valence-electron chi connectivity index (χ1n) is 5.62. The zero-order valence-electron chi connectivity index (χ0n) is 10.1. The molecule has 0 saturated carbocycles. The number of aromatic nitrogens is 2. The van der Waals surface area contributed by atoms with Gasteiger partial charge < -0.3 is 20.5 Å². The highest BCUT2D eigenvalue weighted by Gasteiger charge is 2.34. The van der Waals surface area contributed by atoms with Gasteiger partial charge in [-0.25, -0.2) is 4.98 Å². The summed E-state index contributed by atoms with van der Waals surface area (Å²) >= 11 is 0. The van der Waals surface area contributed by atoms with E-state index in [0.29, 0.717) is 24.9 Å². The molecule has 17 heavy (non-hydrogen) atoms. The molecule has 0 radical (unpaired) electrons. The molecule has 1 unspecified atom stereocenters. The summed E-state index contributed by atoms with van der Waals surface area (Å²) < 4.78 is 5.73. The second kappa shape index (κ2) is 4.46. The van der Waals surface area contributed by atoms with Crippen LogP contribution in [0.3, 0.4) is 0 Å². The van der Waals surface area contributed by atoms with Crippen LogP contribution in [0.1, 0.15) is 13.8 Å². The minimum absolute atomic E-state index is 0.0117. The van der Waals surface area contributed by atoms with Gasteiger partial charge in [0.2, 0.25) is 5.95 Å². The summed E-state index contributed by atoms with van der Waals surface area (Å²) in [6.45, 7) is 5.20. The highest BCUT2D eigenvalue weighted by atomic mass is 16.5. The Morgan fingerprint density at radius 2 is 2.41 bits per heavy atom. The summed E-state index contributed by atoms with van der Waals surface area (Å²) in [6.07, 6.45) is 1.41. The monoisotopic (exact) mass is 238 g/mol. The van der Waals surface area contributed by atoms with E-state index in [2.05, 4.69) is 9.97 Å². The summed E-state index contributed by atoms with van der Waals surface area (Å²) in [6, 6.07) is 1.65. The molecule has 1 saturated heterocycles. The van der Waals surface area contributed by atoms with Crippen LogP contribution in [0.25, 0.3) is 0 Å². The van der Waals surface area contributed by atoms with Gasteiger partial charge in [0.15, 0.2) is 0 Å². The van der Waals surface area contributed by atoms with Crippen LogP contribution < -0.4 is 10.6 Å². The van der Waals surface area contributed by atoms with Crippen molar-refractivity contribution in [2.45, 2.75) is 25.6 Å². The lowest BCUT2D eigenvalue weighted by molar-refractivity contribution is -0.101. The van der Waals surface area contributed by atoms with Crippen LogP contribution in [0.5, 0.6) is 0 Å². The normalized spacial score (nSPS) is 23.7. The first kappa shape index (κ1) is 12.1. The van der Waals surface area contributed by atoms with Gasteiger partial charge in [0.1, 0.15) is 5.82 Å². The highest BCUT2D eigenvalue weighted by molar-refractivity contribution is 5.38. The third-order valence-corrected chi connectivity index (χ3v) is 2.63. The van der Waals surface area contributed by atoms with E-state index in [9.17, 15) is 5.11 Å². The van der Waals surface area contributed by atoms with E-state index in [1.807, 2.05) is 18.7 Å². The van der Waals surface area contributed by atoms with Gasteiger partial charge in [-0.1, -0.05) is 0 Å². The summed E-state index contributed by atoms with van der Waals surface area (Å²) in [4.78, 5) is 10.4. The third-order valence-electron chi connectivity index (χ3n) is 2.63. The fraction of sp³-hybridized carbons (Fsp3) is 0.636. The first-order chi connectivity index (χ1) is 8.00. The van der Waals surface area contributed by atoms with Crippen molar-refractivity contribution in [3.05, 3.63) is 12.3 Å². The van der Waals surface area contributed by atoms with E-state index in [-0.39, 0.29) is 18.3 Å². The van der Waals surface area contributed by atoms with Crippen LogP contribution in [0, 0.1) is 0 Å². The Hall–Kier alpha value is -1.40. The van der Waals surface area contributed by atoms with Gasteiger partial charge in [-0.05, 0) is 19.9 Å².